The van der Waals surface area contributed by atoms with Crippen LogP contribution in [-0.2, 0) is 0 Å². The summed E-state index contributed by atoms with van der Waals surface area (Å²) < 4.78 is 0. The summed E-state index contributed by atoms with van der Waals surface area (Å²) >= 11 is 0. The molecule has 2 rings (SSSR count). The molecule has 0 aromatic heterocycles. The van der Waals surface area contributed by atoms with E-state index in [2.05, 4.69) is 13.0 Å². The van der Waals surface area contributed by atoms with Crippen LogP contribution in [-0.4, -0.2) is 5.11 Å². The molecule has 1 aliphatic carbocycles. The average Bonchev–Trinajstić information content (AvgIpc) is 2.72. The minimum absolute atomic E-state index is 0.531. The largest absolute Gasteiger partial charge is 0.387 e. The third-order valence-electron chi connectivity index (χ3n) is 4.36. The first-order valence-electron chi connectivity index (χ1n) is 6.65. The second-order valence-electron chi connectivity index (χ2n) is 5.82. The summed E-state index contributed by atoms with van der Waals surface area (Å²) in [7, 11) is 0. The molecule has 0 heterocycles. The van der Waals surface area contributed by atoms with Crippen LogP contribution in [0.15, 0.2) is 18.2 Å². The van der Waals surface area contributed by atoms with Crippen LogP contribution < -0.4 is 0 Å². The van der Waals surface area contributed by atoms with Gasteiger partial charge in [-0.15, -0.1) is 0 Å². The molecule has 1 saturated carbocycles. The fourth-order valence-electron chi connectivity index (χ4n) is 3.28. The van der Waals surface area contributed by atoms with E-state index in [0.717, 1.165) is 36.0 Å². The van der Waals surface area contributed by atoms with Crippen molar-refractivity contribution in [3.05, 3.63) is 34.9 Å². The minimum atomic E-state index is -0.659. The van der Waals surface area contributed by atoms with Gasteiger partial charge in [0.25, 0.3) is 0 Å². The lowest BCUT2D eigenvalue weighted by atomic mass is 9.76. The van der Waals surface area contributed by atoms with Crippen LogP contribution in [0.3, 0.4) is 0 Å². The molecule has 96 valence electrons. The molecule has 1 N–H and O–H groups in total. The Kier molecular flexibility index (Phi) is 3.45. The van der Waals surface area contributed by atoms with Crippen molar-refractivity contribution >= 4 is 0 Å². The van der Waals surface area contributed by atoms with E-state index in [1.807, 2.05) is 32.0 Å². The van der Waals surface area contributed by atoms with E-state index in [0.29, 0.717) is 5.92 Å². The summed E-state index contributed by atoms with van der Waals surface area (Å²) in [5.74, 6) is 0.531. The van der Waals surface area contributed by atoms with Crippen molar-refractivity contribution < 1.29 is 5.11 Å². The smallest absolute Gasteiger partial charge is 0.0981 e. The van der Waals surface area contributed by atoms with Crippen LogP contribution in [0.1, 0.15) is 49.0 Å². The Labute approximate surface area is 109 Å². The van der Waals surface area contributed by atoms with Crippen LogP contribution >= 0.6 is 0 Å². The van der Waals surface area contributed by atoms with Crippen molar-refractivity contribution in [1.82, 2.24) is 0 Å². The highest BCUT2D eigenvalue weighted by Gasteiger charge is 2.45. The highest BCUT2D eigenvalue weighted by atomic mass is 16.3. The number of nitrogens with zero attached hydrogens (tertiary/aromatic N) is 1. The topological polar surface area (TPSA) is 44.0 Å². The average molecular weight is 243 g/mol. The number of aliphatic hydroxyl groups excluding tert-OH is 1. The number of hydrogen-bond acceptors (Lipinski definition) is 2. The van der Waals surface area contributed by atoms with E-state index in [1.54, 1.807) is 0 Å². The van der Waals surface area contributed by atoms with Crippen LogP contribution in [0.4, 0.5) is 0 Å². The first-order chi connectivity index (χ1) is 8.50. The highest BCUT2D eigenvalue weighted by Crippen LogP contribution is 2.50. The van der Waals surface area contributed by atoms with Gasteiger partial charge in [0, 0.05) is 0 Å². The van der Waals surface area contributed by atoms with E-state index in [1.165, 1.54) is 0 Å². The zero-order chi connectivity index (χ0) is 13.3. The molecule has 1 aromatic rings. The van der Waals surface area contributed by atoms with Gasteiger partial charge in [-0.25, -0.2) is 0 Å². The van der Waals surface area contributed by atoms with Gasteiger partial charge in [0.2, 0.25) is 0 Å². The third-order valence-corrected chi connectivity index (χ3v) is 4.36. The standard InChI is InChI=1S/C16H21NO/c1-11-7-8-16(9-11,10-17)15(18)14-12(2)5-4-6-13(14)3/h4-6,11,15,18H,7-9H2,1-3H3. The summed E-state index contributed by atoms with van der Waals surface area (Å²) in [4.78, 5) is 0. The van der Waals surface area contributed by atoms with Crippen LogP contribution in [0, 0.1) is 36.5 Å². The van der Waals surface area contributed by atoms with Gasteiger partial charge in [-0.3, -0.25) is 0 Å². The monoisotopic (exact) mass is 243 g/mol. The predicted octanol–water partition coefficient (Wildman–Crippen LogP) is 3.67. The molecular weight excluding hydrogens is 222 g/mol. The molecule has 3 atom stereocenters. The number of benzene rings is 1. The highest BCUT2D eigenvalue weighted by molar-refractivity contribution is 5.37. The van der Waals surface area contributed by atoms with Crippen molar-refractivity contribution in [2.75, 3.05) is 0 Å². The zero-order valence-electron chi connectivity index (χ0n) is 11.4. The fraction of sp³-hybridized carbons (Fsp3) is 0.562. The minimum Gasteiger partial charge on any atom is -0.387 e. The number of rotatable bonds is 2. The lowest BCUT2D eigenvalue weighted by Gasteiger charge is -2.29. The molecule has 0 aliphatic heterocycles. The predicted molar refractivity (Wildman–Crippen MR) is 71.9 cm³/mol. The van der Waals surface area contributed by atoms with Crippen molar-refractivity contribution in [3.8, 4) is 6.07 Å². The first-order valence-corrected chi connectivity index (χ1v) is 6.65. The Balaban J connectivity index is 2.42. The van der Waals surface area contributed by atoms with Gasteiger partial charge >= 0.3 is 0 Å². The van der Waals surface area contributed by atoms with E-state index in [-0.39, 0.29) is 0 Å². The normalized spacial score (nSPS) is 28.9. The zero-order valence-corrected chi connectivity index (χ0v) is 11.4. The molecule has 2 heteroatoms. The summed E-state index contributed by atoms with van der Waals surface area (Å²) in [6.45, 7) is 6.18. The maximum absolute atomic E-state index is 10.7. The molecule has 1 fully saturated rings. The molecule has 3 unspecified atom stereocenters. The molecule has 0 bridgehead atoms. The maximum atomic E-state index is 10.7. The summed E-state index contributed by atoms with van der Waals surface area (Å²) in [5.41, 5.74) is 2.53. The lowest BCUT2D eigenvalue weighted by Crippen LogP contribution is -2.25. The van der Waals surface area contributed by atoms with Crippen LogP contribution in [0.5, 0.6) is 0 Å². The molecule has 1 aromatic carbocycles. The lowest BCUT2D eigenvalue weighted by molar-refractivity contribution is 0.0636. The van der Waals surface area contributed by atoms with E-state index >= 15 is 0 Å². The molecule has 18 heavy (non-hydrogen) atoms. The van der Waals surface area contributed by atoms with Gasteiger partial charge in [-0.05, 0) is 55.7 Å². The van der Waals surface area contributed by atoms with Gasteiger partial charge in [0.1, 0.15) is 0 Å². The SMILES string of the molecule is Cc1cccc(C)c1C(O)C1(C#N)CCC(C)C1. The van der Waals surface area contributed by atoms with E-state index < -0.39 is 11.5 Å². The second-order valence-corrected chi connectivity index (χ2v) is 5.82. The van der Waals surface area contributed by atoms with Crippen LogP contribution in [0.25, 0.3) is 0 Å². The second kappa shape index (κ2) is 4.74. The Morgan fingerprint density at radius 1 is 1.39 bits per heavy atom. The van der Waals surface area contributed by atoms with E-state index in [9.17, 15) is 10.4 Å². The molecule has 0 spiro atoms. The van der Waals surface area contributed by atoms with Gasteiger partial charge in [-0.1, -0.05) is 25.1 Å². The molecule has 0 amide bonds. The van der Waals surface area contributed by atoms with Crippen molar-refractivity contribution in [3.63, 3.8) is 0 Å². The van der Waals surface area contributed by atoms with Crippen molar-refractivity contribution in [1.29, 1.82) is 5.26 Å². The van der Waals surface area contributed by atoms with Gasteiger partial charge in [0.15, 0.2) is 0 Å². The number of aryl methyl sites for hydroxylation is 2. The quantitative estimate of drug-likeness (QED) is 0.861. The number of nitriles is 1. The molecule has 0 saturated heterocycles. The molecule has 1 aliphatic rings. The molecule has 2 nitrogen and oxygen atoms in total. The first kappa shape index (κ1) is 13.1. The third kappa shape index (κ3) is 2.04. The molecule has 0 radical (unpaired) electrons. The summed E-state index contributed by atoms with van der Waals surface area (Å²) in [6, 6.07) is 8.43. The van der Waals surface area contributed by atoms with Crippen LogP contribution in [0.2, 0.25) is 0 Å². The maximum Gasteiger partial charge on any atom is 0.0981 e. The van der Waals surface area contributed by atoms with Gasteiger partial charge in [-0.2, -0.15) is 5.26 Å². The number of aliphatic hydroxyl groups is 1. The summed E-state index contributed by atoms with van der Waals surface area (Å²) in [6.07, 6.45) is 1.99. The van der Waals surface area contributed by atoms with Gasteiger partial charge < -0.3 is 5.11 Å². The van der Waals surface area contributed by atoms with Gasteiger partial charge in [0.05, 0.1) is 17.6 Å². The Bertz CT molecular complexity index is 468. The Morgan fingerprint density at radius 2 is 2.00 bits per heavy atom. The van der Waals surface area contributed by atoms with Crippen molar-refractivity contribution in [2.45, 2.75) is 46.1 Å². The number of hydrogen-bond donors (Lipinski definition) is 1. The summed E-state index contributed by atoms with van der Waals surface area (Å²) in [5, 5.41) is 20.3. The molecular formula is C16H21NO. The Hall–Kier alpha value is -1.33. The van der Waals surface area contributed by atoms with Crippen molar-refractivity contribution in [2.24, 2.45) is 11.3 Å². The Morgan fingerprint density at radius 3 is 2.44 bits per heavy atom. The fourth-order valence-corrected chi connectivity index (χ4v) is 3.28. The van der Waals surface area contributed by atoms with E-state index in [4.69, 9.17) is 0 Å².